The zero-order valence-electron chi connectivity index (χ0n) is 19.9. The first-order chi connectivity index (χ1) is 15.9. The number of benzene rings is 3. The first kappa shape index (κ1) is 24.1. The highest BCUT2D eigenvalue weighted by Gasteiger charge is 2.17. The molecule has 2 N–H and O–H groups in total. The van der Waals surface area contributed by atoms with Crippen LogP contribution in [0.25, 0.3) is 10.8 Å². The van der Waals surface area contributed by atoms with Gasteiger partial charge in [0.2, 0.25) is 0 Å². The monoisotopic (exact) mass is 447 g/mol. The number of nitrogens with one attached hydrogen (secondary N) is 2. The highest BCUT2D eigenvalue weighted by Crippen LogP contribution is 2.29. The van der Waals surface area contributed by atoms with E-state index in [0.29, 0.717) is 25.3 Å². The molecule has 6 nitrogen and oxygen atoms in total. The van der Waals surface area contributed by atoms with Gasteiger partial charge in [0.15, 0.2) is 0 Å². The molecule has 0 aromatic heterocycles. The van der Waals surface area contributed by atoms with Crippen LogP contribution in [0, 0.1) is 0 Å². The zero-order chi connectivity index (χ0) is 23.8. The van der Waals surface area contributed by atoms with Crippen molar-refractivity contribution < 1.29 is 14.3 Å². The lowest BCUT2D eigenvalue weighted by molar-refractivity contribution is 0.0784. The predicted octanol–water partition coefficient (Wildman–Crippen LogP) is 5.11. The van der Waals surface area contributed by atoms with E-state index in [1.807, 2.05) is 44.2 Å². The van der Waals surface area contributed by atoms with Gasteiger partial charge in [-0.15, -0.1) is 0 Å². The number of amides is 3. The summed E-state index contributed by atoms with van der Waals surface area (Å²) in [6.45, 7) is 7.37. The van der Waals surface area contributed by atoms with Crippen molar-refractivity contribution in [3.8, 4) is 5.75 Å². The topological polar surface area (TPSA) is 70.7 Å². The lowest BCUT2D eigenvalue weighted by Gasteiger charge is -2.21. The molecule has 33 heavy (non-hydrogen) atoms. The second-order valence-corrected chi connectivity index (χ2v) is 8.45. The van der Waals surface area contributed by atoms with Crippen LogP contribution in [0.3, 0.4) is 0 Å². The molecule has 0 aliphatic carbocycles. The second kappa shape index (κ2) is 11.4. The van der Waals surface area contributed by atoms with E-state index in [9.17, 15) is 9.59 Å². The average Bonchev–Trinajstić information content (AvgIpc) is 2.81. The van der Waals surface area contributed by atoms with Crippen LogP contribution in [0.1, 0.15) is 48.7 Å². The summed E-state index contributed by atoms with van der Waals surface area (Å²) in [7, 11) is 1.80. The van der Waals surface area contributed by atoms with Crippen molar-refractivity contribution in [3.05, 3.63) is 77.4 Å². The normalized spacial score (nSPS) is 10.8. The van der Waals surface area contributed by atoms with Crippen LogP contribution in [-0.4, -0.2) is 36.5 Å². The van der Waals surface area contributed by atoms with Crippen molar-refractivity contribution in [2.24, 2.45) is 0 Å². The van der Waals surface area contributed by atoms with E-state index < -0.39 is 0 Å². The fourth-order valence-electron chi connectivity index (χ4n) is 3.62. The molecular weight excluding hydrogens is 414 g/mol. The minimum atomic E-state index is -0.207. The third kappa shape index (κ3) is 6.48. The van der Waals surface area contributed by atoms with Crippen LogP contribution in [0.2, 0.25) is 0 Å². The van der Waals surface area contributed by atoms with Crippen LogP contribution in [-0.2, 0) is 13.1 Å². The standard InChI is InChI=1S/C27H33N3O3/c1-5-16-33-25-15-14-21-8-6-7-9-23(21)24(25)18-30(4)26(31)22-12-10-20(11-13-22)17-28-27(32)29-19(2)3/h6-15,19H,5,16-18H2,1-4H3,(H2,28,29,32). The quantitative estimate of drug-likeness (QED) is 0.479. The first-order valence-corrected chi connectivity index (χ1v) is 11.4. The number of rotatable bonds is 9. The van der Waals surface area contributed by atoms with Crippen molar-refractivity contribution in [3.63, 3.8) is 0 Å². The van der Waals surface area contributed by atoms with Crippen LogP contribution in [0.5, 0.6) is 5.75 Å². The van der Waals surface area contributed by atoms with Crippen molar-refractivity contribution in [1.82, 2.24) is 15.5 Å². The van der Waals surface area contributed by atoms with Crippen molar-refractivity contribution >= 4 is 22.7 Å². The Morgan fingerprint density at radius 3 is 2.42 bits per heavy atom. The molecule has 0 saturated heterocycles. The molecule has 0 bridgehead atoms. The van der Waals surface area contributed by atoms with Gasteiger partial charge in [0.25, 0.3) is 5.91 Å². The molecule has 0 aliphatic rings. The molecule has 0 fully saturated rings. The van der Waals surface area contributed by atoms with Crippen molar-refractivity contribution in [2.75, 3.05) is 13.7 Å². The van der Waals surface area contributed by atoms with E-state index in [0.717, 1.165) is 34.1 Å². The first-order valence-electron chi connectivity index (χ1n) is 11.4. The Balaban J connectivity index is 1.71. The molecule has 0 saturated carbocycles. The molecule has 3 aromatic carbocycles. The largest absolute Gasteiger partial charge is 0.493 e. The Kier molecular flexibility index (Phi) is 8.30. The molecule has 6 heteroatoms. The predicted molar refractivity (Wildman–Crippen MR) is 132 cm³/mol. The number of hydrogen-bond donors (Lipinski definition) is 2. The summed E-state index contributed by atoms with van der Waals surface area (Å²) >= 11 is 0. The SMILES string of the molecule is CCCOc1ccc2ccccc2c1CN(C)C(=O)c1ccc(CNC(=O)NC(C)C)cc1. The summed E-state index contributed by atoms with van der Waals surface area (Å²) in [5.41, 5.74) is 2.54. The minimum absolute atomic E-state index is 0.0681. The maximum atomic E-state index is 13.1. The number of nitrogens with zero attached hydrogens (tertiary/aromatic N) is 1. The second-order valence-electron chi connectivity index (χ2n) is 8.45. The van der Waals surface area contributed by atoms with Gasteiger partial charge in [-0.2, -0.15) is 0 Å². The Labute approximate surface area is 195 Å². The van der Waals surface area contributed by atoms with E-state index >= 15 is 0 Å². The Hall–Kier alpha value is -3.54. The molecule has 0 atom stereocenters. The summed E-state index contributed by atoms with van der Waals surface area (Å²) in [5.74, 6) is 0.748. The molecule has 3 amide bonds. The van der Waals surface area contributed by atoms with Gasteiger partial charge < -0.3 is 20.3 Å². The molecule has 0 radical (unpaired) electrons. The Morgan fingerprint density at radius 1 is 1.00 bits per heavy atom. The van der Waals surface area contributed by atoms with Crippen LogP contribution in [0.4, 0.5) is 4.79 Å². The molecule has 0 unspecified atom stereocenters. The summed E-state index contributed by atoms with van der Waals surface area (Å²) in [4.78, 5) is 26.6. The zero-order valence-corrected chi connectivity index (χ0v) is 19.9. The number of ether oxygens (including phenoxy) is 1. The average molecular weight is 448 g/mol. The lowest BCUT2D eigenvalue weighted by Crippen LogP contribution is -2.39. The lowest BCUT2D eigenvalue weighted by atomic mass is 10.0. The van der Waals surface area contributed by atoms with Crippen LogP contribution in [0.15, 0.2) is 60.7 Å². The fourth-order valence-corrected chi connectivity index (χ4v) is 3.62. The molecule has 0 aliphatic heterocycles. The molecular formula is C27H33N3O3. The van der Waals surface area contributed by atoms with Crippen LogP contribution < -0.4 is 15.4 Å². The molecule has 3 aromatic rings. The van der Waals surface area contributed by atoms with E-state index in [-0.39, 0.29) is 18.0 Å². The summed E-state index contributed by atoms with van der Waals surface area (Å²) in [6, 6.07) is 19.4. The van der Waals surface area contributed by atoms with Gasteiger partial charge in [-0.25, -0.2) is 4.79 Å². The maximum Gasteiger partial charge on any atom is 0.315 e. The number of carbonyl (C=O) groups excluding carboxylic acids is 2. The molecule has 0 heterocycles. The smallest absolute Gasteiger partial charge is 0.315 e. The molecule has 174 valence electrons. The molecule has 0 spiro atoms. The van der Waals surface area contributed by atoms with E-state index in [4.69, 9.17) is 4.74 Å². The number of hydrogen-bond acceptors (Lipinski definition) is 3. The van der Waals surface area contributed by atoms with E-state index in [2.05, 4.69) is 35.8 Å². The Bertz CT molecular complexity index is 1090. The Morgan fingerprint density at radius 2 is 1.73 bits per heavy atom. The van der Waals surface area contributed by atoms with E-state index in [1.54, 1.807) is 24.1 Å². The third-order valence-corrected chi connectivity index (χ3v) is 5.28. The van der Waals surface area contributed by atoms with Gasteiger partial charge in [-0.1, -0.05) is 49.4 Å². The van der Waals surface area contributed by atoms with Crippen molar-refractivity contribution in [2.45, 2.75) is 46.3 Å². The highest BCUT2D eigenvalue weighted by molar-refractivity contribution is 5.95. The van der Waals surface area contributed by atoms with Gasteiger partial charge in [-0.05, 0) is 54.8 Å². The van der Waals surface area contributed by atoms with Gasteiger partial charge >= 0.3 is 6.03 Å². The van der Waals surface area contributed by atoms with Gasteiger partial charge in [0, 0.05) is 37.3 Å². The van der Waals surface area contributed by atoms with E-state index in [1.165, 1.54) is 0 Å². The number of fused-ring (bicyclic) bond motifs is 1. The molecule has 3 rings (SSSR count). The summed E-state index contributed by atoms with van der Waals surface area (Å²) < 4.78 is 5.99. The maximum absolute atomic E-state index is 13.1. The summed E-state index contributed by atoms with van der Waals surface area (Å²) in [5, 5.41) is 7.82. The number of carbonyl (C=O) groups is 2. The number of urea groups is 1. The van der Waals surface area contributed by atoms with Gasteiger partial charge in [-0.3, -0.25) is 4.79 Å². The van der Waals surface area contributed by atoms with Gasteiger partial charge in [0.05, 0.1) is 6.61 Å². The summed E-state index contributed by atoms with van der Waals surface area (Å²) in [6.07, 6.45) is 0.918. The third-order valence-electron chi connectivity index (χ3n) is 5.28. The highest BCUT2D eigenvalue weighted by atomic mass is 16.5. The van der Waals surface area contributed by atoms with Gasteiger partial charge in [0.1, 0.15) is 5.75 Å². The fraction of sp³-hybridized carbons (Fsp3) is 0.333. The van der Waals surface area contributed by atoms with Crippen molar-refractivity contribution in [1.29, 1.82) is 0 Å². The minimum Gasteiger partial charge on any atom is -0.493 e. The van der Waals surface area contributed by atoms with Crippen LogP contribution >= 0.6 is 0 Å².